The van der Waals surface area contributed by atoms with Gasteiger partial charge in [0.1, 0.15) is 17.5 Å². The Kier molecular flexibility index (Phi) is 7.55. The summed E-state index contributed by atoms with van der Waals surface area (Å²) in [6, 6.07) is 20.8. The highest BCUT2D eigenvalue weighted by Crippen LogP contribution is 2.23. The van der Waals surface area contributed by atoms with E-state index >= 15 is 0 Å². The van der Waals surface area contributed by atoms with Crippen LogP contribution >= 0.6 is 0 Å². The van der Waals surface area contributed by atoms with E-state index in [9.17, 15) is 0 Å². The van der Waals surface area contributed by atoms with Gasteiger partial charge in [-0.3, -0.25) is 0 Å². The first kappa shape index (κ1) is 23.6. The first-order valence-electron chi connectivity index (χ1n) is 12.1. The first-order chi connectivity index (χ1) is 17.8. The van der Waals surface area contributed by atoms with Gasteiger partial charge in [0.25, 0.3) is 0 Å². The molecule has 1 saturated heterocycles. The summed E-state index contributed by atoms with van der Waals surface area (Å²) in [5.41, 5.74) is 10.4. The van der Waals surface area contributed by atoms with Crippen molar-refractivity contribution in [1.29, 1.82) is 0 Å². The van der Waals surface area contributed by atoms with Crippen molar-refractivity contribution in [2.75, 3.05) is 31.9 Å². The second-order valence-corrected chi connectivity index (χ2v) is 8.61. The number of nitrogens with zero attached hydrogens (tertiary/aromatic N) is 7. The van der Waals surface area contributed by atoms with Gasteiger partial charge in [-0.2, -0.15) is 0 Å². The highest BCUT2D eigenvalue weighted by atomic mass is 15.4. The van der Waals surface area contributed by atoms with E-state index in [4.69, 9.17) is 5.73 Å². The number of piperazine rings is 1. The largest absolute Gasteiger partial charge is 0.382 e. The summed E-state index contributed by atoms with van der Waals surface area (Å²) >= 11 is 0. The van der Waals surface area contributed by atoms with Gasteiger partial charge >= 0.3 is 0 Å². The van der Waals surface area contributed by atoms with Crippen LogP contribution in [-0.4, -0.2) is 60.7 Å². The van der Waals surface area contributed by atoms with Crippen LogP contribution in [0.3, 0.4) is 0 Å². The minimum Gasteiger partial charge on any atom is -0.382 e. The van der Waals surface area contributed by atoms with Crippen LogP contribution in [0, 0.1) is 0 Å². The average molecular weight is 483 g/mol. The number of imidazole rings is 1. The van der Waals surface area contributed by atoms with Crippen LogP contribution in [0.4, 0.5) is 5.82 Å². The summed E-state index contributed by atoms with van der Waals surface area (Å²) < 4.78 is 3.83. The number of fused-ring (bicyclic) bond motifs is 1. The molecule has 2 aromatic carbocycles. The van der Waals surface area contributed by atoms with Crippen molar-refractivity contribution >= 4 is 17.0 Å². The molecule has 0 bridgehead atoms. The maximum absolute atomic E-state index is 5.89. The Hall–Kier alpha value is -4.15. The molecule has 36 heavy (non-hydrogen) atoms. The topological polar surface area (TPSA) is 124 Å². The van der Waals surface area contributed by atoms with Gasteiger partial charge in [-0.15, -0.1) is 5.10 Å². The fraction of sp³-hybridized carbons (Fsp3) is 0.269. The molecule has 1 aliphatic rings. The maximum Gasteiger partial charge on any atom is 0.165 e. The summed E-state index contributed by atoms with van der Waals surface area (Å²) in [5, 5.41) is 15.3. The molecule has 5 aromatic rings. The van der Waals surface area contributed by atoms with Gasteiger partial charge < -0.3 is 20.9 Å². The standard InChI is InChI=1S/C22H20N8.C4H10N2/c23-21-20-22(25-14-24-21)29(15-26-20)12-18-13-30(28-27-18)19(17-9-5-2-6-10-17)11-16-7-3-1-4-8-16;1-2-6-4-3-5-1/h1-10,13-15,19H,11-12H2,(H2,23,24,25);5-6H,1-4H2. The molecule has 1 unspecified atom stereocenters. The number of nitrogens with one attached hydrogen (secondary N) is 2. The monoisotopic (exact) mass is 482 g/mol. The van der Waals surface area contributed by atoms with Gasteiger partial charge in [-0.05, 0) is 17.5 Å². The highest BCUT2D eigenvalue weighted by molar-refractivity contribution is 5.81. The van der Waals surface area contributed by atoms with E-state index in [1.807, 2.05) is 39.7 Å². The molecule has 4 heterocycles. The van der Waals surface area contributed by atoms with Crippen LogP contribution in [0.5, 0.6) is 0 Å². The van der Waals surface area contributed by atoms with Gasteiger partial charge in [-0.25, -0.2) is 19.6 Å². The lowest BCUT2D eigenvalue weighted by Crippen LogP contribution is -2.39. The Labute approximate surface area is 209 Å². The van der Waals surface area contributed by atoms with Crippen LogP contribution < -0.4 is 16.4 Å². The van der Waals surface area contributed by atoms with Crippen LogP contribution in [0.1, 0.15) is 22.9 Å². The molecule has 0 amide bonds. The summed E-state index contributed by atoms with van der Waals surface area (Å²) in [5.74, 6) is 0.370. The van der Waals surface area contributed by atoms with Crippen molar-refractivity contribution in [2.24, 2.45) is 0 Å². The van der Waals surface area contributed by atoms with Crippen molar-refractivity contribution in [3.05, 3.63) is 96.3 Å². The number of hydrogen-bond acceptors (Lipinski definition) is 8. The van der Waals surface area contributed by atoms with E-state index in [2.05, 4.69) is 72.3 Å². The molecule has 1 aliphatic heterocycles. The van der Waals surface area contributed by atoms with Gasteiger partial charge in [0, 0.05) is 26.2 Å². The summed E-state index contributed by atoms with van der Waals surface area (Å²) in [4.78, 5) is 12.6. The van der Waals surface area contributed by atoms with E-state index in [0.29, 0.717) is 23.5 Å². The molecule has 0 saturated carbocycles. The number of nitrogen functional groups attached to an aromatic ring is 1. The van der Waals surface area contributed by atoms with Gasteiger partial charge in [0.15, 0.2) is 11.5 Å². The van der Waals surface area contributed by atoms with E-state index in [-0.39, 0.29) is 6.04 Å². The van der Waals surface area contributed by atoms with Crippen LogP contribution in [0.2, 0.25) is 0 Å². The lowest BCUT2D eigenvalue weighted by Gasteiger charge is -2.17. The Morgan fingerprint density at radius 2 is 1.56 bits per heavy atom. The zero-order chi connectivity index (χ0) is 24.6. The number of aromatic nitrogens is 7. The Balaban J connectivity index is 0.000000391. The zero-order valence-electron chi connectivity index (χ0n) is 20.0. The second-order valence-electron chi connectivity index (χ2n) is 8.61. The SMILES string of the molecule is C1CNCCN1.Nc1ncnc2c1ncn2Cc1cn(C(Cc2ccccc2)c2ccccc2)nn1. The molecule has 0 aliphatic carbocycles. The summed E-state index contributed by atoms with van der Waals surface area (Å²) in [6.07, 6.45) is 5.95. The molecule has 1 atom stereocenters. The third-order valence-corrected chi connectivity index (χ3v) is 6.05. The number of nitrogens with two attached hydrogens (primary N) is 1. The van der Waals surface area contributed by atoms with Gasteiger partial charge in [0.05, 0.1) is 25.1 Å². The molecule has 0 spiro atoms. The number of benzene rings is 2. The number of anilines is 1. The lowest BCUT2D eigenvalue weighted by atomic mass is 9.99. The summed E-state index contributed by atoms with van der Waals surface area (Å²) in [7, 11) is 0. The Bertz CT molecular complexity index is 1350. The zero-order valence-corrected chi connectivity index (χ0v) is 20.0. The van der Waals surface area contributed by atoms with Crippen molar-refractivity contribution in [3.63, 3.8) is 0 Å². The van der Waals surface area contributed by atoms with E-state index in [1.54, 1.807) is 6.33 Å². The fourth-order valence-corrected chi connectivity index (χ4v) is 4.21. The smallest absolute Gasteiger partial charge is 0.165 e. The lowest BCUT2D eigenvalue weighted by molar-refractivity contribution is 0.503. The molecule has 10 nitrogen and oxygen atoms in total. The van der Waals surface area contributed by atoms with E-state index < -0.39 is 0 Å². The molecular formula is C26H30N10. The summed E-state index contributed by atoms with van der Waals surface area (Å²) in [6.45, 7) is 5.06. The molecule has 10 heteroatoms. The van der Waals surface area contributed by atoms with Crippen LogP contribution in [-0.2, 0) is 13.0 Å². The van der Waals surface area contributed by atoms with Crippen molar-refractivity contribution < 1.29 is 0 Å². The van der Waals surface area contributed by atoms with Crippen LogP contribution in [0.25, 0.3) is 11.2 Å². The minimum atomic E-state index is 0.0485. The average Bonchev–Trinajstić information content (AvgIpc) is 3.58. The Morgan fingerprint density at radius 3 is 2.25 bits per heavy atom. The van der Waals surface area contributed by atoms with E-state index in [0.717, 1.165) is 38.3 Å². The van der Waals surface area contributed by atoms with Crippen molar-refractivity contribution in [2.45, 2.75) is 19.0 Å². The third kappa shape index (κ3) is 5.73. The van der Waals surface area contributed by atoms with E-state index in [1.165, 1.54) is 17.5 Å². The minimum absolute atomic E-state index is 0.0485. The fourth-order valence-electron chi connectivity index (χ4n) is 4.21. The molecule has 184 valence electrons. The maximum atomic E-state index is 5.89. The Morgan fingerprint density at radius 1 is 0.861 bits per heavy atom. The van der Waals surface area contributed by atoms with Crippen molar-refractivity contribution in [3.8, 4) is 0 Å². The third-order valence-electron chi connectivity index (χ3n) is 6.05. The van der Waals surface area contributed by atoms with Crippen LogP contribution in [0.15, 0.2) is 79.5 Å². The molecular weight excluding hydrogens is 452 g/mol. The van der Waals surface area contributed by atoms with Gasteiger partial charge in [0.2, 0.25) is 0 Å². The molecule has 1 fully saturated rings. The predicted octanol–water partition coefficient (Wildman–Crippen LogP) is 2.06. The normalized spacial score (nSPS) is 14.2. The molecule has 3 aromatic heterocycles. The highest BCUT2D eigenvalue weighted by Gasteiger charge is 2.17. The predicted molar refractivity (Wildman–Crippen MR) is 139 cm³/mol. The van der Waals surface area contributed by atoms with Crippen molar-refractivity contribution in [1.82, 2.24) is 45.1 Å². The molecule has 6 rings (SSSR count). The number of hydrogen-bond donors (Lipinski definition) is 3. The molecule has 4 N–H and O–H groups in total. The molecule has 0 radical (unpaired) electrons. The van der Waals surface area contributed by atoms with Gasteiger partial charge in [-0.1, -0.05) is 65.9 Å². The number of rotatable bonds is 6. The second kappa shape index (κ2) is 11.5. The quantitative estimate of drug-likeness (QED) is 0.336. The first-order valence-corrected chi connectivity index (χ1v) is 12.1.